The van der Waals surface area contributed by atoms with Crippen LogP contribution in [-0.2, 0) is 0 Å². The minimum absolute atomic E-state index is 0.255. The van der Waals surface area contributed by atoms with E-state index in [9.17, 15) is 4.79 Å². The monoisotopic (exact) mass is 309 g/mol. The number of nitrogens with one attached hydrogen (secondary N) is 1. The summed E-state index contributed by atoms with van der Waals surface area (Å²) in [6.07, 6.45) is 0. The lowest BCUT2D eigenvalue weighted by atomic mass is 10.2. The van der Waals surface area contributed by atoms with Gasteiger partial charge in [-0.2, -0.15) is 0 Å². The first-order chi connectivity index (χ1) is 9.51. The molecule has 0 aliphatic carbocycles. The summed E-state index contributed by atoms with van der Waals surface area (Å²) in [5.74, 6) is 0.464. The van der Waals surface area contributed by atoms with Gasteiger partial charge >= 0.3 is 0 Å². The molecular weight excluding hydrogens is 297 g/mol. The maximum atomic E-state index is 12.1. The van der Waals surface area contributed by atoms with Crippen LogP contribution < -0.4 is 10.1 Å². The molecule has 0 saturated carbocycles. The molecule has 3 nitrogen and oxygen atoms in total. The molecule has 0 heterocycles. The minimum Gasteiger partial charge on any atom is -0.496 e. The van der Waals surface area contributed by atoms with Crippen LogP contribution in [0.5, 0.6) is 5.75 Å². The normalized spacial score (nSPS) is 10.2. The Morgan fingerprint density at radius 3 is 2.50 bits per heavy atom. The van der Waals surface area contributed by atoms with E-state index in [1.165, 1.54) is 6.07 Å². The van der Waals surface area contributed by atoms with E-state index in [2.05, 4.69) is 5.32 Å². The van der Waals surface area contributed by atoms with Crippen molar-refractivity contribution in [3.05, 3.63) is 57.6 Å². The standard InChI is InChI=1S/C15H13Cl2NO2/c1-9-3-5-11(8-14(9)20-2)18-15(19)10-4-6-12(16)13(17)7-10/h3-8H,1-2H3,(H,18,19). The summed E-state index contributed by atoms with van der Waals surface area (Å²) in [5, 5.41) is 3.55. The van der Waals surface area contributed by atoms with Crippen molar-refractivity contribution in [1.29, 1.82) is 0 Å². The number of carbonyl (C=O) groups is 1. The number of methoxy groups -OCH3 is 1. The van der Waals surface area contributed by atoms with E-state index in [4.69, 9.17) is 27.9 Å². The van der Waals surface area contributed by atoms with Crippen LogP contribution in [0.25, 0.3) is 0 Å². The van der Waals surface area contributed by atoms with Gasteiger partial charge in [-0.05, 0) is 36.8 Å². The number of amides is 1. The number of benzene rings is 2. The zero-order valence-corrected chi connectivity index (χ0v) is 12.5. The molecule has 0 fully saturated rings. The number of rotatable bonds is 3. The first kappa shape index (κ1) is 14.7. The first-order valence-corrected chi connectivity index (χ1v) is 6.68. The third-order valence-corrected chi connectivity index (χ3v) is 3.59. The van der Waals surface area contributed by atoms with E-state index < -0.39 is 0 Å². The summed E-state index contributed by atoms with van der Waals surface area (Å²) in [6.45, 7) is 1.93. The third-order valence-electron chi connectivity index (χ3n) is 2.85. The van der Waals surface area contributed by atoms with Crippen molar-refractivity contribution in [3.8, 4) is 5.75 Å². The van der Waals surface area contributed by atoms with E-state index in [-0.39, 0.29) is 5.91 Å². The van der Waals surface area contributed by atoms with Gasteiger partial charge in [-0.3, -0.25) is 4.79 Å². The highest BCUT2D eigenvalue weighted by atomic mass is 35.5. The van der Waals surface area contributed by atoms with Crippen LogP contribution in [-0.4, -0.2) is 13.0 Å². The van der Waals surface area contributed by atoms with Crippen molar-refractivity contribution in [1.82, 2.24) is 0 Å². The van der Waals surface area contributed by atoms with E-state index in [1.807, 2.05) is 19.1 Å². The molecule has 2 aromatic rings. The van der Waals surface area contributed by atoms with E-state index in [0.29, 0.717) is 21.3 Å². The molecular formula is C15H13Cl2NO2. The molecule has 0 bridgehead atoms. The fraction of sp³-hybridized carbons (Fsp3) is 0.133. The lowest BCUT2D eigenvalue weighted by Crippen LogP contribution is -2.12. The van der Waals surface area contributed by atoms with Gasteiger partial charge in [0.2, 0.25) is 0 Å². The molecule has 0 radical (unpaired) electrons. The number of halogens is 2. The van der Waals surface area contributed by atoms with Gasteiger partial charge in [0.15, 0.2) is 0 Å². The Bertz CT molecular complexity index is 656. The van der Waals surface area contributed by atoms with Crippen molar-refractivity contribution in [3.63, 3.8) is 0 Å². The molecule has 0 saturated heterocycles. The number of aryl methyl sites for hydroxylation is 1. The van der Waals surface area contributed by atoms with Crippen molar-refractivity contribution in [2.75, 3.05) is 12.4 Å². The van der Waals surface area contributed by atoms with Crippen molar-refractivity contribution in [2.45, 2.75) is 6.92 Å². The SMILES string of the molecule is COc1cc(NC(=O)c2ccc(Cl)c(Cl)c2)ccc1C. The third kappa shape index (κ3) is 3.24. The molecule has 5 heteroatoms. The lowest BCUT2D eigenvalue weighted by Gasteiger charge is -2.09. The zero-order chi connectivity index (χ0) is 14.7. The Morgan fingerprint density at radius 1 is 1.10 bits per heavy atom. The van der Waals surface area contributed by atoms with E-state index in [0.717, 1.165) is 11.3 Å². The Kier molecular flexibility index (Phi) is 4.53. The molecule has 0 unspecified atom stereocenters. The van der Waals surface area contributed by atoms with Crippen LogP contribution in [0.4, 0.5) is 5.69 Å². The summed E-state index contributed by atoms with van der Waals surface area (Å²) in [7, 11) is 1.59. The first-order valence-electron chi connectivity index (χ1n) is 5.92. The molecule has 0 aliphatic heterocycles. The molecule has 0 atom stereocenters. The van der Waals surface area contributed by atoms with Crippen molar-refractivity contribution >= 4 is 34.8 Å². The Morgan fingerprint density at radius 2 is 1.85 bits per heavy atom. The van der Waals surface area contributed by atoms with Crippen molar-refractivity contribution in [2.24, 2.45) is 0 Å². The second-order valence-electron chi connectivity index (χ2n) is 4.27. The number of hydrogen-bond donors (Lipinski definition) is 1. The molecule has 1 N–H and O–H groups in total. The summed E-state index contributed by atoms with van der Waals surface area (Å²) >= 11 is 11.7. The number of hydrogen-bond acceptors (Lipinski definition) is 2. The van der Waals surface area contributed by atoms with E-state index in [1.54, 1.807) is 25.3 Å². The molecule has 104 valence electrons. The quantitative estimate of drug-likeness (QED) is 0.902. The Balaban J connectivity index is 2.21. The maximum Gasteiger partial charge on any atom is 0.255 e. The van der Waals surface area contributed by atoms with Gasteiger partial charge in [-0.1, -0.05) is 29.3 Å². The molecule has 2 aromatic carbocycles. The van der Waals surface area contributed by atoms with Crippen molar-refractivity contribution < 1.29 is 9.53 Å². The number of ether oxygens (including phenoxy) is 1. The number of anilines is 1. The highest BCUT2D eigenvalue weighted by Crippen LogP contribution is 2.25. The predicted octanol–water partition coefficient (Wildman–Crippen LogP) is 4.56. The lowest BCUT2D eigenvalue weighted by molar-refractivity contribution is 0.102. The van der Waals surface area contributed by atoms with Crippen LogP contribution in [0.2, 0.25) is 10.0 Å². The van der Waals surface area contributed by atoms with Gasteiger partial charge in [0.1, 0.15) is 5.75 Å². The van der Waals surface area contributed by atoms with Gasteiger partial charge in [-0.25, -0.2) is 0 Å². The van der Waals surface area contributed by atoms with Gasteiger partial charge in [0.25, 0.3) is 5.91 Å². The van der Waals surface area contributed by atoms with Crippen LogP contribution in [0.15, 0.2) is 36.4 Å². The fourth-order valence-corrected chi connectivity index (χ4v) is 2.04. The topological polar surface area (TPSA) is 38.3 Å². The summed E-state index contributed by atoms with van der Waals surface area (Å²) in [5.41, 5.74) is 2.10. The summed E-state index contributed by atoms with van der Waals surface area (Å²) < 4.78 is 5.22. The molecule has 2 rings (SSSR count). The Hall–Kier alpha value is -1.71. The van der Waals surface area contributed by atoms with Gasteiger partial charge < -0.3 is 10.1 Å². The average molecular weight is 310 g/mol. The highest BCUT2D eigenvalue weighted by Gasteiger charge is 2.09. The minimum atomic E-state index is -0.255. The second-order valence-corrected chi connectivity index (χ2v) is 5.08. The van der Waals surface area contributed by atoms with Gasteiger partial charge in [-0.15, -0.1) is 0 Å². The summed E-state index contributed by atoms with van der Waals surface area (Å²) in [4.78, 5) is 12.1. The highest BCUT2D eigenvalue weighted by molar-refractivity contribution is 6.42. The average Bonchev–Trinajstić information content (AvgIpc) is 2.43. The second kappa shape index (κ2) is 6.16. The fourth-order valence-electron chi connectivity index (χ4n) is 1.74. The van der Waals surface area contributed by atoms with Crippen LogP contribution in [0.3, 0.4) is 0 Å². The Labute approximate surface area is 127 Å². The molecule has 20 heavy (non-hydrogen) atoms. The molecule has 0 aliphatic rings. The van der Waals surface area contributed by atoms with Gasteiger partial charge in [0, 0.05) is 17.3 Å². The van der Waals surface area contributed by atoms with Crippen LogP contribution in [0, 0.1) is 6.92 Å². The number of carbonyl (C=O) groups excluding carboxylic acids is 1. The smallest absolute Gasteiger partial charge is 0.255 e. The van der Waals surface area contributed by atoms with Crippen LogP contribution >= 0.6 is 23.2 Å². The zero-order valence-electron chi connectivity index (χ0n) is 11.0. The van der Waals surface area contributed by atoms with Gasteiger partial charge in [0.05, 0.1) is 17.2 Å². The molecule has 0 spiro atoms. The summed E-state index contributed by atoms with van der Waals surface area (Å²) in [6, 6.07) is 10.2. The maximum absolute atomic E-state index is 12.1. The molecule has 0 aromatic heterocycles. The van der Waals surface area contributed by atoms with Crippen LogP contribution in [0.1, 0.15) is 15.9 Å². The largest absolute Gasteiger partial charge is 0.496 e. The van der Waals surface area contributed by atoms with E-state index >= 15 is 0 Å². The molecule has 1 amide bonds. The predicted molar refractivity (Wildman–Crippen MR) is 82.1 cm³/mol.